The molecule has 1 atom stereocenters. The number of rotatable bonds is 8. The van der Waals surface area contributed by atoms with Gasteiger partial charge in [-0.15, -0.1) is 0 Å². The van der Waals surface area contributed by atoms with Crippen LogP contribution in [0.2, 0.25) is 0 Å². The van der Waals surface area contributed by atoms with Crippen molar-refractivity contribution in [3.63, 3.8) is 0 Å². The Morgan fingerprint density at radius 2 is 2.14 bits per heavy atom. The third kappa shape index (κ3) is 4.63. The summed E-state index contributed by atoms with van der Waals surface area (Å²) in [6.07, 6.45) is 5.62. The van der Waals surface area contributed by atoms with Gasteiger partial charge in [0.25, 0.3) is 0 Å². The lowest BCUT2D eigenvalue weighted by Gasteiger charge is -2.40. The van der Waals surface area contributed by atoms with E-state index in [4.69, 9.17) is 4.74 Å². The average molecular weight is 309 g/mol. The van der Waals surface area contributed by atoms with Gasteiger partial charge in [0, 0.05) is 17.8 Å². The van der Waals surface area contributed by atoms with Crippen LogP contribution in [0.5, 0.6) is 5.75 Å². The molecule has 118 valence electrons. The van der Waals surface area contributed by atoms with Crippen LogP contribution in [0.4, 0.5) is 0 Å². The third-order valence-electron chi connectivity index (χ3n) is 4.30. The zero-order valence-electron chi connectivity index (χ0n) is 13.3. The smallest absolute Gasteiger partial charge is 0.122 e. The molecule has 1 fully saturated rings. The highest BCUT2D eigenvalue weighted by molar-refractivity contribution is 8.00. The Bertz CT molecular complexity index is 455. The molecule has 0 aromatic heterocycles. The van der Waals surface area contributed by atoms with Gasteiger partial charge in [-0.05, 0) is 50.1 Å². The lowest BCUT2D eigenvalue weighted by molar-refractivity contribution is 0.104. The monoisotopic (exact) mass is 309 g/mol. The molecule has 1 saturated carbocycles. The lowest BCUT2D eigenvalue weighted by Crippen LogP contribution is -2.45. The molecule has 0 saturated heterocycles. The van der Waals surface area contributed by atoms with Crippen LogP contribution >= 0.6 is 11.8 Å². The van der Waals surface area contributed by atoms with Gasteiger partial charge in [0.15, 0.2) is 0 Å². The Kier molecular flexibility index (Phi) is 5.97. The van der Waals surface area contributed by atoms with Crippen LogP contribution < -0.4 is 10.1 Å². The summed E-state index contributed by atoms with van der Waals surface area (Å²) >= 11 is 1.95. The minimum Gasteiger partial charge on any atom is -0.491 e. The van der Waals surface area contributed by atoms with Gasteiger partial charge in [-0.2, -0.15) is 11.8 Å². The molecular weight excluding hydrogens is 282 g/mol. The Balaban J connectivity index is 1.70. The second kappa shape index (κ2) is 7.52. The molecule has 1 aliphatic carbocycles. The zero-order chi connectivity index (χ0) is 15.3. The predicted octanol–water partition coefficient (Wildman–Crippen LogP) is 2.92. The standard InChI is InChI=1S/C17H27NO2S/c1-13-5-6-14(2)16(9-13)20-11-15(19)10-18-12-17(21-3)7-4-8-17/h5-6,9,15,18-19H,4,7-8,10-12H2,1-3H3. The van der Waals surface area contributed by atoms with Crippen molar-refractivity contribution in [3.8, 4) is 5.75 Å². The number of ether oxygens (including phenoxy) is 1. The fourth-order valence-corrected chi connectivity index (χ4v) is 3.54. The summed E-state index contributed by atoms with van der Waals surface area (Å²) in [5.41, 5.74) is 2.28. The van der Waals surface area contributed by atoms with Crippen molar-refractivity contribution in [2.24, 2.45) is 0 Å². The maximum atomic E-state index is 10.0. The van der Waals surface area contributed by atoms with E-state index in [2.05, 4.69) is 17.6 Å². The van der Waals surface area contributed by atoms with Crippen molar-refractivity contribution in [1.82, 2.24) is 5.32 Å². The van der Waals surface area contributed by atoms with E-state index < -0.39 is 6.10 Å². The highest BCUT2D eigenvalue weighted by Gasteiger charge is 2.35. The summed E-state index contributed by atoms with van der Waals surface area (Å²) in [6.45, 7) is 5.98. The fourth-order valence-electron chi connectivity index (χ4n) is 2.60. The number of nitrogens with one attached hydrogen (secondary N) is 1. The summed E-state index contributed by atoms with van der Waals surface area (Å²) < 4.78 is 6.14. The first kappa shape index (κ1) is 16.7. The van der Waals surface area contributed by atoms with Crippen LogP contribution in [0.25, 0.3) is 0 Å². The lowest BCUT2D eigenvalue weighted by atomic mass is 9.84. The Morgan fingerprint density at radius 3 is 2.76 bits per heavy atom. The summed E-state index contributed by atoms with van der Waals surface area (Å²) in [6, 6.07) is 6.14. The SMILES string of the molecule is CSC1(CNCC(O)COc2cc(C)ccc2C)CCC1. The van der Waals surface area contributed by atoms with Crippen LogP contribution in [0.15, 0.2) is 18.2 Å². The molecule has 1 unspecified atom stereocenters. The van der Waals surface area contributed by atoms with Crippen LogP contribution in [0.1, 0.15) is 30.4 Å². The van der Waals surface area contributed by atoms with E-state index >= 15 is 0 Å². The molecule has 4 heteroatoms. The van der Waals surface area contributed by atoms with Crippen LogP contribution in [0, 0.1) is 13.8 Å². The highest BCUT2D eigenvalue weighted by atomic mass is 32.2. The van der Waals surface area contributed by atoms with Crippen molar-refractivity contribution in [1.29, 1.82) is 0 Å². The summed E-state index contributed by atoms with van der Waals surface area (Å²) in [5.74, 6) is 0.869. The zero-order valence-corrected chi connectivity index (χ0v) is 14.1. The van der Waals surface area contributed by atoms with E-state index in [0.29, 0.717) is 17.9 Å². The summed E-state index contributed by atoms with van der Waals surface area (Å²) in [7, 11) is 0. The van der Waals surface area contributed by atoms with E-state index in [1.165, 1.54) is 24.8 Å². The molecule has 0 heterocycles. The second-order valence-corrected chi connectivity index (χ2v) is 7.38. The maximum absolute atomic E-state index is 10.0. The van der Waals surface area contributed by atoms with Gasteiger partial charge >= 0.3 is 0 Å². The number of thioether (sulfide) groups is 1. The molecule has 0 spiro atoms. The van der Waals surface area contributed by atoms with Gasteiger partial charge in [0.1, 0.15) is 18.5 Å². The van der Waals surface area contributed by atoms with E-state index in [1.54, 1.807) is 0 Å². The van der Waals surface area contributed by atoms with Crippen molar-refractivity contribution < 1.29 is 9.84 Å². The van der Waals surface area contributed by atoms with Crippen molar-refractivity contribution >= 4 is 11.8 Å². The third-order valence-corrected chi connectivity index (χ3v) is 5.72. The van der Waals surface area contributed by atoms with Crippen LogP contribution in [-0.2, 0) is 0 Å². The Labute approximate surface area is 132 Å². The van der Waals surface area contributed by atoms with Gasteiger partial charge in [-0.25, -0.2) is 0 Å². The summed E-state index contributed by atoms with van der Waals surface area (Å²) in [4.78, 5) is 0. The molecule has 0 bridgehead atoms. The summed E-state index contributed by atoms with van der Waals surface area (Å²) in [5, 5.41) is 13.4. The first-order valence-corrected chi connectivity index (χ1v) is 8.91. The molecule has 1 aromatic carbocycles. The number of aryl methyl sites for hydroxylation is 2. The van der Waals surface area contributed by atoms with Gasteiger partial charge in [0.2, 0.25) is 0 Å². The van der Waals surface area contributed by atoms with E-state index in [-0.39, 0.29) is 0 Å². The number of hydrogen-bond acceptors (Lipinski definition) is 4. The first-order chi connectivity index (χ1) is 10.0. The molecule has 3 nitrogen and oxygen atoms in total. The molecular formula is C17H27NO2S. The van der Waals surface area contributed by atoms with Crippen molar-refractivity contribution in [3.05, 3.63) is 29.3 Å². The van der Waals surface area contributed by atoms with Crippen molar-refractivity contribution in [2.45, 2.75) is 44.0 Å². The maximum Gasteiger partial charge on any atom is 0.122 e. The Hall–Kier alpha value is -0.710. The topological polar surface area (TPSA) is 41.5 Å². The quantitative estimate of drug-likeness (QED) is 0.775. The molecule has 2 rings (SSSR count). The van der Waals surface area contributed by atoms with Gasteiger partial charge in [-0.1, -0.05) is 18.6 Å². The molecule has 1 aromatic rings. The molecule has 2 N–H and O–H groups in total. The average Bonchev–Trinajstić information content (AvgIpc) is 2.43. The number of hydrogen-bond donors (Lipinski definition) is 2. The van der Waals surface area contributed by atoms with Gasteiger partial charge in [0.05, 0.1) is 0 Å². The number of benzene rings is 1. The largest absolute Gasteiger partial charge is 0.491 e. The number of aliphatic hydroxyl groups excluding tert-OH is 1. The molecule has 0 amide bonds. The minimum atomic E-state index is -0.469. The molecule has 0 aliphatic heterocycles. The van der Waals surface area contributed by atoms with Crippen LogP contribution in [0.3, 0.4) is 0 Å². The first-order valence-electron chi connectivity index (χ1n) is 7.69. The molecule has 0 radical (unpaired) electrons. The highest BCUT2D eigenvalue weighted by Crippen LogP contribution is 2.42. The van der Waals surface area contributed by atoms with Crippen LogP contribution in [-0.4, -0.2) is 41.9 Å². The van der Waals surface area contributed by atoms with Crippen molar-refractivity contribution in [2.75, 3.05) is 26.0 Å². The Morgan fingerprint density at radius 1 is 1.38 bits per heavy atom. The normalized spacial score (nSPS) is 18.1. The van der Waals surface area contributed by atoms with Gasteiger partial charge in [-0.3, -0.25) is 0 Å². The fraction of sp³-hybridized carbons (Fsp3) is 0.647. The van der Waals surface area contributed by atoms with E-state index in [9.17, 15) is 5.11 Å². The molecule has 21 heavy (non-hydrogen) atoms. The van der Waals surface area contributed by atoms with Gasteiger partial charge < -0.3 is 15.2 Å². The van der Waals surface area contributed by atoms with E-state index in [1.807, 2.05) is 37.7 Å². The van der Waals surface area contributed by atoms with E-state index in [0.717, 1.165) is 17.9 Å². The predicted molar refractivity (Wildman–Crippen MR) is 90.4 cm³/mol. The molecule has 1 aliphatic rings. The number of aliphatic hydroxyl groups is 1. The minimum absolute atomic E-state index is 0.337. The second-order valence-electron chi connectivity index (χ2n) is 6.11.